The number of benzene rings is 2. The van der Waals surface area contributed by atoms with Crippen molar-refractivity contribution in [3.8, 4) is 17.2 Å². The lowest BCUT2D eigenvalue weighted by atomic mass is 10.0. The van der Waals surface area contributed by atoms with Gasteiger partial charge in [0.15, 0.2) is 11.5 Å². The number of fused-ring (bicyclic) bond motifs is 1. The Morgan fingerprint density at radius 3 is 2.43 bits per heavy atom. The summed E-state index contributed by atoms with van der Waals surface area (Å²) in [6.45, 7) is 2.10. The van der Waals surface area contributed by atoms with Gasteiger partial charge >= 0.3 is 0 Å². The Labute approximate surface area is 176 Å². The number of ether oxygens (including phenoxy) is 3. The van der Waals surface area contributed by atoms with Crippen LogP contribution in [0.15, 0.2) is 30.3 Å². The molecule has 0 atom stereocenters. The molecule has 1 amide bonds. The van der Waals surface area contributed by atoms with Gasteiger partial charge in [-0.2, -0.15) is 0 Å². The first-order valence-electron chi connectivity index (χ1n) is 9.60. The summed E-state index contributed by atoms with van der Waals surface area (Å²) in [6, 6.07) is 8.49. The summed E-state index contributed by atoms with van der Waals surface area (Å²) in [6.07, 6.45) is 1.47. The number of rotatable bonds is 7. The maximum absolute atomic E-state index is 12.9. The molecule has 0 aromatic heterocycles. The number of nitrogens with zero attached hydrogens (tertiary/aromatic N) is 1. The summed E-state index contributed by atoms with van der Waals surface area (Å²) < 4.78 is 42.2. The molecular formula is C21H26N2O6S. The maximum Gasteiger partial charge on any atom is 0.259 e. The van der Waals surface area contributed by atoms with Gasteiger partial charge in [0.25, 0.3) is 5.91 Å². The standard InChI is InChI=1S/C21H26N2O6S/c1-5-30(25,26)23-12-6-7-14-13-15(8-10-17(14)23)22-21(24)16-9-11-18(27-2)20(29-4)19(16)28-3/h8-11,13H,5-7,12H2,1-4H3,(H,22,24). The van der Waals surface area contributed by atoms with Crippen LogP contribution in [0.4, 0.5) is 11.4 Å². The summed E-state index contributed by atoms with van der Waals surface area (Å²) >= 11 is 0. The third kappa shape index (κ3) is 4.02. The first-order chi connectivity index (χ1) is 14.4. The van der Waals surface area contributed by atoms with E-state index < -0.39 is 10.0 Å². The maximum atomic E-state index is 12.9. The van der Waals surface area contributed by atoms with E-state index in [1.54, 1.807) is 31.2 Å². The molecule has 162 valence electrons. The average molecular weight is 435 g/mol. The number of nitrogens with one attached hydrogen (secondary N) is 1. The highest BCUT2D eigenvalue weighted by molar-refractivity contribution is 7.92. The van der Waals surface area contributed by atoms with Crippen LogP contribution in [-0.4, -0.2) is 48.0 Å². The van der Waals surface area contributed by atoms with Crippen molar-refractivity contribution in [2.45, 2.75) is 19.8 Å². The van der Waals surface area contributed by atoms with Crippen LogP contribution < -0.4 is 23.8 Å². The molecule has 0 saturated heterocycles. The Morgan fingerprint density at radius 2 is 1.80 bits per heavy atom. The van der Waals surface area contributed by atoms with Crippen LogP contribution in [0.25, 0.3) is 0 Å². The zero-order valence-corrected chi connectivity index (χ0v) is 18.3. The molecule has 0 spiro atoms. The largest absolute Gasteiger partial charge is 0.493 e. The monoisotopic (exact) mass is 434 g/mol. The number of methoxy groups -OCH3 is 3. The van der Waals surface area contributed by atoms with Crippen molar-refractivity contribution < 1.29 is 27.4 Å². The highest BCUT2D eigenvalue weighted by Crippen LogP contribution is 2.40. The number of amides is 1. The lowest BCUT2D eigenvalue weighted by Gasteiger charge is -2.30. The fourth-order valence-corrected chi connectivity index (χ4v) is 4.76. The van der Waals surface area contributed by atoms with Gasteiger partial charge in [-0.3, -0.25) is 9.10 Å². The summed E-state index contributed by atoms with van der Waals surface area (Å²) in [5, 5.41) is 2.86. The fraction of sp³-hybridized carbons (Fsp3) is 0.381. The second kappa shape index (κ2) is 8.83. The van der Waals surface area contributed by atoms with Crippen LogP contribution >= 0.6 is 0 Å². The van der Waals surface area contributed by atoms with E-state index in [1.807, 2.05) is 6.07 Å². The van der Waals surface area contributed by atoms with Gasteiger partial charge in [-0.05, 0) is 55.7 Å². The predicted molar refractivity (Wildman–Crippen MR) is 116 cm³/mol. The normalized spacial score (nSPS) is 13.4. The fourth-order valence-electron chi connectivity index (χ4n) is 3.56. The minimum absolute atomic E-state index is 0.0457. The van der Waals surface area contributed by atoms with E-state index in [4.69, 9.17) is 14.2 Å². The Morgan fingerprint density at radius 1 is 1.07 bits per heavy atom. The van der Waals surface area contributed by atoms with E-state index in [1.165, 1.54) is 25.6 Å². The Hall–Kier alpha value is -2.94. The van der Waals surface area contributed by atoms with Crippen molar-refractivity contribution in [3.63, 3.8) is 0 Å². The minimum Gasteiger partial charge on any atom is -0.493 e. The van der Waals surface area contributed by atoms with Crippen LogP contribution in [0.1, 0.15) is 29.3 Å². The van der Waals surface area contributed by atoms with E-state index >= 15 is 0 Å². The van der Waals surface area contributed by atoms with Crippen LogP contribution in [0.3, 0.4) is 0 Å². The summed E-state index contributed by atoms with van der Waals surface area (Å²) in [5.74, 6) is 0.730. The highest BCUT2D eigenvalue weighted by atomic mass is 32.2. The molecule has 0 unspecified atom stereocenters. The molecular weight excluding hydrogens is 408 g/mol. The number of carbonyl (C=O) groups is 1. The number of hydrogen-bond acceptors (Lipinski definition) is 6. The highest BCUT2D eigenvalue weighted by Gasteiger charge is 2.26. The zero-order valence-electron chi connectivity index (χ0n) is 17.5. The molecule has 1 aliphatic heterocycles. The number of anilines is 2. The molecule has 9 heteroatoms. The van der Waals surface area contributed by atoms with Crippen molar-refractivity contribution >= 4 is 27.3 Å². The Bertz CT molecular complexity index is 1050. The van der Waals surface area contributed by atoms with Crippen molar-refractivity contribution in [1.29, 1.82) is 0 Å². The van der Waals surface area contributed by atoms with Crippen LogP contribution in [0.2, 0.25) is 0 Å². The van der Waals surface area contributed by atoms with E-state index in [9.17, 15) is 13.2 Å². The van der Waals surface area contributed by atoms with Crippen molar-refractivity contribution in [2.75, 3.05) is 43.2 Å². The molecule has 0 radical (unpaired) electrons. The lowest BCUT2D eigenvalue weighted by Crippen LogP contribution is -2.36. The van der Waals surface area contributed by atoms with Crippen LogP contribution in [0, 0.1) is 0 Å². The quantitative estimate of drug-likeness (QED) is 0.720. The van der Waals surface area contributed by atoms with E-state index in [0.717, 1.165) is 18.4 Å². The second-order valence-corrected chi connectivity index (χ2v) is 8.94. The van der Waals surface area contributed by atoms with Crippen molar-refractivity contribution in [2.24, 2.45) is 0 Å². The Kier molecular flexibility index (Phi) is 6.40. The van der Waals surface area contributed by atoms with Gasteiger partial charge in [0.2, 0.25) is 15.8 Å². The van der Waals surface area contributed by atoms with Gasteiger partial charge in [-0.1, -0.05) is 0 Å². The minimum atomic E-state index is -3.33. The molecule has 2 aromatic carbocycles. The molecule has 8 nitrogen and oxygen atoms in total. The number of carbonyl (C=O) groups excluding carboxylic acids is 1. The third-order valence-electron chi connectivity index (χ3n) is 5.06. The summed E-state index contributed by atoms with van der Waals surface area (Å²) in [7, 11) is 1.10. The average Bonchev–Trinajstić information content (AvgIpc) is 2.77. The van der Waals surface area contributed by atoms with Gasteiger partial charge in [-0.15, -0.1) is 0 Å². The van der Waals surface area contributed by atoms with Crippen LogP contribution in [-0.2, 0) is 16.4 Å². The number of aryl methyl sites for hydroxylation is 1. The van der Waals surface area contributed by atoms with Crippen molar-refractivity contribution in [3.05, 3.63) is 41.5 Å². The first-order valence-corrected chi connectivity index (χ1v) is 11.2. The van der Waals surface area contributed by atoms with Gasteiger partial charge in [-0.25, -0.2) is 8.42 Å². The molecule has 0 aliphatic carbocycles. The molecule has 1 N–H and O–H groups in total. The molecule has 1 aliphatic rings. The van der Waals surface area contributed by atoms with Gasteiger partial charge in [0.1, 0.15) is 0 Å². The summed E-state index contributed by atoms with van der Waals surface area (Å²) in [5.41, 5.74) is 2.43. The molecule has 0 fully saturated rings. The zero-order chi connectivity index (χ0) is 21.9. The lowest BCUT2D eigenvalue weighted by molar-refractivity contribution is 0.102. The third-order valence-corrected chi connectivity index (χ3v) is 6.84. The number of hydrogen-bond donors (Lipinski definition) is 1. The van der Waals surface area contributed by atoms with Gasteiger partial charge in [0.05, 0.1) is 38.3 Å². The molecule has 0 bridgehead atoms. The molecule has 30 heavy (non-hydrogen) atoms. The molecule has 2 aromatic rings. The smallest absolute Gasteiger partial charge is 0.259 e. The van der Waals surface area contributed by atoms with E-state index in [0.29, 0.717) is 35.0 Å². The van der Waals surface area contributed by atoms with E-state index in [2.05, 4.69) is 5.32 Å². The van der Waals surface area contributed by atoms with Gasteiger partial charge in [0, 0.05) is 12.2 Å². The Balaban J connectivity index is 1.90. The molecule has 0 saturated carbocycles. The predicted octanol–water partition coefficient (Wildman–Crippen LogP) is 3.07. The SMILES string of the molecule is CCS(=O)(=O)N1CCCc2cc(NC(=O)c3ccc(OC)c(OC)c3OC)ccc21. The molecule has 1 heterocycles. The summed E-state index contributed by atoms with van der Waals surface area (Å²) in [4.78, 5) is 12.9. The van der Waals surface area contributed by atoms with Crippen LogP contribution in [0.5, 0.6) is 17.2 Å². The number of sulfonamides is 1. The topological polar surface area (TPSA) is 94.2 Å². The van der Waals surface area contributed by atoms with Crippen molar-refractivity contribution in [1.82, 2.24) is 0 Å². The first kappa shape index (κ1) is 21.8. The van der Waals surface area contributed by atoms with E-state index in [-0.39, 0.29) is 17.4 Å². The van der Waals surface area contributed by atoms with Gasteiger partial charge < -0.3 is 19.5 Å². The molecule has 3 rings (SSSR count). The second-order valence-electron chi connectivity index (χ2n) is 6.76.